The van der Waals surface area contributed by atoms with Crippen molar-refractivity contribution in [3.8, 4) is 11.4 Å². The van der Waals surface area contributed by atoms with Gasteiger partial charge in [-0.15, -0.1) is 0 Å². The van der Waals surface area contributed by atoms with Gasteiger partial charge in [0.1, 0.15) is 18.2 Å². The van der Waals surface area contributed by atoms with Crippen LogP contribution in [0.15, 0.2) is 113 Å². The van der Waals surface area contributed by atoms with Crippen LogP contribution in [0.1, 0.15) is 37.1 Å². The molecule has 2 aromatic carbocycles. The number of aromatic nitrogens is 4. The van der Waals surface area contributed by atoms with Gasteiger partial charge in [0.05, 0.1) is 28.8 Å². The molecule has 0 aliphatic rings. The Morgan fingerprint density at radius 1 is 1.05 bits per heavy atom. The number of allylic oxidation sites excluding steroid dienone is 3. The van der Waals surface area contributed by atoms with Crippen LogP contribution in [0.25, 0.3) is 16.6 Å². The molecule has 1 N–H and O–H groups in total. The first-order chi connectivity index (χ1) is 21.4. The third-order valence-electron chi connectivity index (χ3n) is 7.39. The summed E-state index contributed by atoms with van der Waals surface area (Å²) in [5.41, 5.74) is 3.90. The molecule has 0 amide bonds. The van der Waals surface area contributed by atoms with Gasteiger partial charge in [-0.05, 0) is 79.6 Å². The molecule has 0 saturated heterocycles. The monoisotopic (exact) mass is 593 g/mol. The summed E-state index contributed by atoms with van der Waals surface area (Å²) in [7, 11) is 1.88. The van der Waals surface area contributed by atoms with Gasteiger partial charge in [0, 0.05) is 31.5 Å². The normalized spacial score (nSPS) is 12.1. The number of fused-ring (bicyclic) bond motifs is 1. The molecule has 0 radical (unpaired) electrons. The molecule has 0 atom stereocenters. The number of ether oxygens (including phenoxy) is 1. The molecule has 0 aliphatic carbocycles. The first-order valence-corrected chi connectivity index (χ1v) is 14.6. The van der Waals surface area contributed by atoms with Crippen LogP contribution in [-0.4, -0.2) is 37.9 Å². The maximum Gasteiger partial charge on any atom is 0.280 e. The lowest BCUT2D eigenvalue weighted by molar-refractivity contribution is 0.310. The van der Waals surface area contributed by atoms with E-state index in [0.717, 1.165) is 17.5 Å². The first-order valence-electron chi connectivity index (χ1n) is 14.6. The summed E-state index contributed by atoms with van der Waals surface area (Å²) in [6.45, 7) is 5.50. The fourth-order valence-electron chi connectivity index (χ4n) is 5.13. The SMILES string of the molecule is C/C=C\C=C(/CC)COc1ccc(-n2[nH]c3cc(=O)n(Cc4cccnc4)c(CN(C)Cc4cccc(F)c4)c3c2=O)cc1. The molecule has 226 valence electrons. The molecule has 5 aromatic rings. The van der Waals surface area contributed by atoms with E-state index in [1.165, 1.54) is 28.5 Å². The lowest BCUT2D eigenvalue weighted by Gasteiger charge is -2.20. The van der Waals surface area contributed by atoms with Gasteiger partial charge in [-0.25, -0.2) is 9.07 Å². The maximum absolute atomic E-state index is 14.0. The molecular weight excluding hydrogens is 557 g/mol. The number of H-pyrrole nitrogens is 1. The Labute approximate surface area is 255 Å². The van der Waals surface area contributed by atoms with Gasteiger partial charge in [-0.3, -0.25) is 24.6 Å². The Morgan fingerprint density at radius 2 is 1.84 bits per heavy atom. The predicted octanol–water partition coefficient (Wildman–Crippen LogP) is 5.99. The van der Waals surface area contributed by atoms with E-state index in [9.17, 15) is 14.0 Å². The quantitative estimate of drug-likeness (QED) is 0.180. The van der Waals surface area contributed by atoms with Gasteiger partial charge < -0.3 is 9.30 Å². The smallest absolute Gasteiger partial charge is 0.280 e. The number of pyridine rings is 2. The molecule has 44 heavy (non-hydrogen) atoms. The fourth-order valence-corrected chi connectivity index (χ4v) is 5.13. The lowest BCUT2D eigenvalue weighted by atomic mass is 10.1. The molecule has 0 fully saturated rings. The van der Waals surface area contributed by atoms with Crippen LogP contribution in [0.2, 0.25) is 0 Å². The summed E-state index contributed by atoms with van der Waals surface area (Å²) in [4.78, 5) is 33.6. The van der Waals surface area contributed by atoms with E-state index in [0.29, 0.717) is 41.2 Å². The van der Waals surface area contributed by atoms with Gasteiger partial charge in [-0.2, -0.15) is 0 Å². The van der Waals surface area contributed by atoms with E-state index in [4.69, 9.17) is 4.74 Å². The highest BCUT2D eigenvalue weighted by atomic mass is 19.1. The van der Waals surface area contributed by atoms with E-state index in [2.05, 4.69) is 23.1 Å². The van der Waals surface area contributed by atoms with E-state index in [1.807, 2.05) is 73.5 Å². The highest BCUT2D eigenvalue weighted by Crippen LogP contribution is 2.20. The van der Waals surface area contributed by atoms with Crippen LogP contribution in [0.5, 0.6) is 5.75 Å². The number of halogens is 1. The Hall–Kier alpha value is -5.02. The summed E-state index contributed by atoms with van der Waals surface area (Å²) in [5, 5.41) is 3.56. The predicted molar refractivity (Wildman–Crippen MR) is 172 cm³/mol. The summed E-state index contributed by atoms with van der Waals surface area (Å²) in [5.74, 6) is 0.376. The largest absolute Gasteiger partial charge is 0.489 e. The molecule has 0 saturated carbocycles. The summed E-state index contributed by atoms with van der Waals surface area (Å²) in [6, 6.07) is 18.8. The highest BCUT2D eigenvalue weighted by Gasteiger charge is 2.20. The Kier molecular flexibility index (Phi) is 9.66. The van der Waals surface area contributed by atoms with Crippen LogP contribution in [0, 0.1) is 5.82 Å². The minimum atomic E-state index is -0.313. The highest BCUT2D eigenvalue weighted by molar-refractivity contribution is 5.81. The molecule has 5 rings (SSSR count). The van der Waals surface area contributed by atoms with Crippen molar-refractivity contribution in [1.82, 2.24) is 24.2 Å². The zero-order valence-electron chi connectivity index (χ0n) is 25.2. The standard InChI is InChI=1S/C35H36FN5O3/c1-4-6-9-25(5-2)24-44-30-15-13-29(14-16-30)41-35(43)34-31(38-41)19-33(42)40(22-27-11-8-17-37-20-27)32(34)23-39(3)21-26-10-7-12-28(36)18-26/h4,6-20,38H,5,21-24H2,1-3H3/b6-4-,25-9+. The van der Waals surface area contributed by atoms with E-state index in [1.54, 1.807) is 23.0 Å². The van der Waals surface area contributed by atoms with Crippen molar-refractivity contribution in [2.75, 3.05) is 13.7 Å². The van der Waals surface area contributed by atoms with Gasteiger partial charge in [0.15, 0.2) is 0 Å². The second kappa shape index (κ2) is 14.0. The number of nitrogens with one attached hydrogen (secondary N) is 1. The molecule has 3 heterocycles. The number of benzene rings is 2. The number of nitrogens with zero attached hydrogens (tertiary/aromatic N) is 4. The van der Waals surface area contributed by atoms with Crippen LogP contribution in [0.4, 0.5) is 4.39 Å². The Morgan fingerprint density at radius 3 is 2.55 bits per heavy atom. The first kappa shape index (κ1) is 30.4. The van der Waals surface area contributed by atoms with E-state index < -0.39 is 0 Å². The van der Waals surface area contributed by atoms with Crippen molar-refractivity contribution in [1.29, 1.82) is 0 Å². The lowest BCUT2D eigenvalue weighted by Crippen LogP contribution is -2.29. The molecule has 3 aromatic heterocycles. The zero-order chi connectivity index (χ0) is 31.1. The fraction of sp³-hybridized carbons (Fsp3) is 0.229. The van der Waals surface area contributed by atoms with Gasteiger partial charge in [-0.1, -0.05) is 43.4 Å². The number of hydrogen-bond acceptors (Lipinski definition) is 5. The maximum atomic E-state index is 14.0. The third-order valence-corrected chi connectivity index (χ3v) is 7.39. The third kappa shape index (κ3) is 7.12. The number of rotatable bonds is 12. The van der Waals surface area contributed by atoms with Crippen LogP contribution < -0.4 is 15.9 Å². The van der Waals surface area contributed by atoms with Crippen molar-refractivity contribution >= 4 is 10.9 Å². The minimum Gasteiger partial charge on any atom is -0.489 e. The van der Waals surface area contributed by atoms with Crippen LogP contribution in [0.3, 0.4) is 0 Å². The molecule has 0 spiro atoms. The summed E-state index contributed by atoms with van der Waals surface area (Å²) in [6.07, 6.45) is 10.3. The molecule has 0 aliphatic heterocycles. The molecule has 0 unspecified atom stereocenters. The van der Waals surface area contributed by atoms with Crippen LogP contribution in [-0.2, 0) is 19.6 Å². The topological polar surface area (TPSA) is 85.2 Å². The Balaban J connectivity index is 1.51. The average Bonchev–Trinajstić information content (AvgIpc) is 3.35. The number of aromatic amines is 1. The van der Waals surface area contributed by atoms with Crippen molar-refractivity contribution < 1.29 is 9.13 Å². The van der Waals surface area contributed by atoms with Gasteiger partial charge in [0.25, 0.3) is 11.1 Å². The molecule has 8 nitrogen and oxygen atoms in total. The van der Waals surface area contributed by atoms with E-state index >= 15 is 0 Å². The van der Waals surface area contributed by atoms with E-state index in [-0.39, 0.29) is 30.0 Å². The second-order valence-electron chi connectivity index (χ2n) is 10.7. The van der Waals surface area contributed by atoms with Gasteiger partial charge >= 0.3 is 0 Å². The Bertz CT molecular complexity index is 1900. The molecular formula is C35H36FN5O3. The van der Waals surface area contributed by atoms with Crippen molar-refractivity contribution in [2.24, 2.45) is 0 Å². The van der Waals surface area contributed by atoms with Crippen molar-refractivity contribution in [3.05, 3.63) is 146 Å². The second-order valence-corrected chi connectivity index (χ2v) is 10.7. The number of hydrogen-bond donors (Lipinski definition) is 1. The summed E-state index contributed by atoms with van der Waals surface area (Å²) < 4.78 is 22.9. The summed E-state index contributed by atoms with van der Waals surface area (Å²) >= 11 is 0. The van der Waals surface area contributed by atoms with Crippen molar-refractivity contribution in [3.63, 3.8) is 0 Å². The molecule has 9 heteroatoms. The van der Waals surface area contributed by atoms with Crippen molar-refractivity contribution in [2.45, 2.75) is 39.9 Å². The molecule has 0 bridgehead atoms. The van der Waals surface area contributed by atoms with Gasteiger partial charge in [0.2, 0.25) is 0 Å². The van der Waals surface area contributed by atoms with Crippen LogP contribution >= 0.6 is 0 Å². The zero-order valence-corrected chi connectivity index (χ0v) is 25.2. The minimum absolute atomic E-state index is 0.245. The average molecular weight is 594 g/mol.